The van der Waals surface area contributed by atoms with Gasteiger partial charge < -0.3 is 0 Å². The topological polar surface area (TPSA) is 17.1 Å². The van der Waals surface area contributed by atoms with Crippen LogP contribution in [0.2, 0.25) is 0 Å². The minimum atomic E-state index is -4.64. The minimum absolute atomic E-state index is 0.112. The van der Waals surface area contributed by atoms with Crippen molar-refractivity contribution in [1.29, 1.82) is 0 Å². The number of ketones is 1. The molecule has 0 bridgehead atoms. The van der Waals surface area contributed by atoms with E-state index in [1.807, 2.05) is 0 Å². The summed E-state index contributed by atoms with van der Waals surface area (Å²) in [7, 11) is 0. The van der Waals surface area contributed by atoms with Gasteiger partial charge in [-0.1, -0.05) is 6.92 Å². The lowest BCUT2D eigenvalue weighted by molar-refractivity contribution is -0.137. The van der Waals surface area contributed by atoms with Crippen molar-refractivity contribution in [2.45, 2.75) is 25.9 Å². The van der Waals surface area contributed by atoms with E-state index in [4.69, 9.17) is 0 Å². The van der Waals surface area contributed by atoms with Crippen LogP contribution < -0.4 is 0 Å². The molecule has 0 aliphatic heterocycles. The van der Waals surface area contributed by atoms with Gasteiger partial charge in [0.1, 0.15) is 5.82 Å². The second-order valence-electron chi connectivity index (χ2n) is 3.40. The zero-order valence-electron chi connectivity index (χ0n) is 8.57. The van der Waals surface area contributed by atoms with Crippen LogP contribution in [0.5, 0.6) is 0 Å². The Balaban J connectivity index is 3.13. The van der Waals surface area contributed by atoms with E-state index < -0.39 is 23.3 Å². The maximum absolute atomic E-state index is 12.9. The zero-order chi connectivity index (χ0) is 12.3. The Bertz CT molecular complexity index is 395. The van der Waals surface area contributed by atoms with Crippen LogP contribution in [0, 0.1) is 5.82 Å². The van der Waals surface area contributed by atoms with Crippen molar-refractivity contribution in [3.8, 4) is 0 Å². The zero-order valence-corrected chi connectivity index (χ0v) is 8.57. The van der Waals surface area contributed by atoms with Crippen molar-refractivity contribution in [3.63, 3.8) is 0 Å². The highest BCUT2D eigenvalue weighted by molar-refractivity contribution is 5.96. The fourth-order valence-electron chi connectivity index (χ4n) is 1.29. The highest BCUT2D eigenvalue weighted by Gasteiger charge is 2.31. The number of rotatable bonds is 3. The van der Waals surface area contributed by atoms with Crippen LogP contribution >= 0.6 is 0 Å². The van der Waals surface area contributed by atoms with Crippen molar-refractivity contribution < 1.29 is 22.4 Å². The molecule has 0 N–H and O–H groups in total. The Kier molecular flexibility index (Phi) is 3.67. The van der Waals surface area contributed by atoms with Gasteiger partial charge in [-0.2, -0.15) is 13.2 Å². The largest absolute Gasteiger partial charge is 0.416 e. The Hall–Kier alpha value is -1.39. The number of Topliss-reactive ketones (excluding diaryl/α,β-unsaturated/α-hetero) is 1. The SMILES string of the molecule is CCCC(=O)c1cc(F)cc(C(F)(F)F)c1. The van der Waals surface area contributed by atoms with E-state index in [9.17, 15) is 22.4 Å². The number of hydrogen-bond acceptors (Lipinski definition) is 1. The van der Waals surface area contributed by atoms with Crippen molar-refractivity contribution in [1.82, 2.24) is 0 Å². The molecule has 0 radical (unpaired) electrons. The molecule has 0 saturated heterocycles. The smallest absolute Gasteiger partial charge is 0.294 e. The molecule has 0 fully saturated rings. The fourth-order valence-corrected chi connectivity index (χ4v) is 1.29. The van der Waals surface area contributed by atoms with Gasteiger partial charge in [-0.05, 0) is 24.6 Å². The van der Waals surface area contributed by atoms with E-state index in [1.54, 1.807) is 6.92 Å². The monoisotopic (exact) mass is 234 g/mol. The predicted molar refractivity (Wildman–Crippen MR) is 50.6 cm³/mol. The lowest BCUT2D eigenvalue weighted by atomic mass is 10.0. The molecule has 0 atom stereocenters. The van der Waals surface area contributed by atoms with Crippen LogP contribution in [0.1, 0.15) is 35.7 Å². The molecule has 0 amide bonds. The molecule has 1 nitrogen and oxygen atoms in total. The summed E-state index contributed by atoms with van der Waals surface area (Å²) in [5, 5.41) is 0. The van der Waals surface area contributed by atoms with E-state index in [2.05, 4.69) is 0 Å². The van der Waals surface area contributed by atoms with E-state index in [1.165, 1.54) is 0 Å². The fraction of sp³-hybridized carbons (Fsp3) is 0.364. The highest BCUT2D eigenvalue weighted by Crippen LogP contribution is 2.30. The summed E-state index contributed by atoms with van der Waals surface area (Å²) < 4.78 is 49.9. The highest BCUT2D eigenvalue weighted by atomic mass is 19.4. The van der Waals surface area contributed by atoms with Crippen LogP contribution in [0.15, 0.2) is 18.2 Å². The Morgan fingerprint density at radius 2 is 1.88 bits per heavy atom. The first-order chi connectivity index (χ1) is 7.34. The Labute approximate surface area is 90.1 Å². The maximum Gasteiger partial charge on any atom is 0.416 e. The van der Waals surface area contributed by atoms with Gasteiger partial charge in [0.25, 0.3) is 0 Å². The van der Waals surface area contributed by atoms with Gasteiger partial charge in [-0.25, -0.2) is 4.39 Å². The maximum atomic E-state index is 12.9. The second-order valence-corrected chi connectivity index (χ2v) is 3.40. The Morgan fingerprint density at radius 1 is 1.25 bits per heavy atom. The van der Waals surface area contributed by atoms with Gasteiger partial charge in [0.15, 0.2) is 5.78 Å². The molecule has 0 aromatic heterocycles. The average Bonchev–Trinajstić information content (AvgIpc) is 2.16. The third-order valence-electron chi connectivity index (χ3n) is 2.02. The van der Waals surface area contributed by atoms with Gasteiger partial charge in [0.05, 0.1) is 5.56 Å². The predicted octanol–water partition coefficient (Wildman–Crippen LogP) is 3.83. The molecule has 16 heavy (non-hydrogen) atoms. The molecule has 0 unspecified atom stereocenters. The number of benzene rings is 1. The summed E-state index contributed by atoms with van der Waals surface area (Å²) in [6.07, 6.45) is -4.01. The first-order valence-electron chi connectivity index (χ1n) is 4.75. The minimum Gasteiger partial charge on any atom is -0.294 e. The summed E-state index contributed by atoms with van der Waals surface area (Å²) in [5.41, 5.74) is -1.36. The molecule has 0 saturated carbocycles. The lowest BCUT2D eigenvalue weighted by Crippen LogP contribution is -2.08. The van der Waals surface area contributed by atoms with E-state index in [0.717, 1.165) is 6.07 Å². The summed E-state index contributed by atoms with van der Waals surface area (Å²) >= 11 is 0. The van der Waals surface area contributed by atoms with Crippen LogP contribution in [0.25, 0.3) is 0 Å². The van der Waals surface area contributed by atoms with Crippen molar-refractivity contribution >= 4 is 5.78 Å². The molecule has 1 rings (SSSR count). The lowest BCUT2D eigenvalue weighted by Gasteiger charge is -2.08. The number of carbonyl (C=O) groups is 1. The molecule has 0 spiro atoms. The summed E-state index contributed by atoms with van der Waals surface area (Å²) in [4.78, 5) is 11.3. The molecule has 0 aliphatic carbocycles. The molecule has 0 heterocycles. The Morgan fingerprint density at radius 3 is 2.38 bits per heavy atom. The van der Waals surface area contributed by atoms with Crippen LogP contribution in [-0.2, 0) is 6.18 Å². The first-order valence-corrected chi connectivity index (χ1v) is 4.75. The first kappa shape index (κ1) is 12.7. The normalized spacial score (nSPS) is 11.6. The summed E-state index contributed by atoms with van der Waals surface area (Å²) in [5.74, 6) is -1.53. The van der Waals surface area contributed by atoms with E-state index >= 15 is 0 Å². The van der Waals surface area contributed by atoms with Gasteiger partial charge in [-0.3, -0.25) is 4.79 Å². The van der Waals surface area contributed by atoms with Gasteiger partial charge in [0.2, 0.25) is 0 Å². The number of hydrogen-bond donors (Lipinski definition) is 0. The van der Waals surface area contributed by atoms with Crippen LogP contribution in [0.3, 0.4) is 0 Å². The average molecular weight is 234 g/mol. The van der Waals surface area contributed by atoms with Gasteiger partial charge in [-0.15, -0.1) is 0 Å². The molecule has 1 aromatic carbocycles. The van der Waals surface area contributed by atoms with Crippen LogP contribution in [0.4, 0.5) is 17.6 Å². The van der Waals surface area contributed by atoms with Crippen molar-refractivity contribution in [2.24, 2.45) is 0 Å². The second kappa shape index (κ2) is 4.63. The van der Waals surface area contributed by atoms with E-state index in [-0.39, 0.29) is 12.0 Å². The number of alkyl halides is 3. The molecule has 88 valence electrons. The quantitative estimate of drug-likeness (QED) is 0.573. The summed E-state index contributed by atoms with van der Waals surface area (Å²) in [6, 6.07) is 1.89. The molecular weight excluding hydrogens is 224 g/mol. The van der Waals surface area contributed by atoms with Crippen LogP contribution in [-0.4, -0.2) is 5.78 Å². The number of carbonyl (C=O) groups excluding carboxylic acids is 1. The third kappa shape index (κ3) is 3.05. The van der Waals surface area contributed by atoms with Gasteiger partial charge >= 0.3 is 6.18 Å². The van der Waals surface area contributed by atoms with Gasteiger partial charge in [0, 0.05) is 12.0 Å². The van der Waals surface area contributed by atoms with E-state index in [0.29, 0.717) is 18.6 Å². The van der Waals surface area contributed by atoms with Crippen molar-refractivity contribution in [2.75, 3.05) is 0 Å². The number of halogens is 4. The molecule has 5 heteroatoms. The molecule has 1 aromatic rings. The van der Waals surface area contributed by atoms with Crippen molar-refractivity contribution in [3.05, 3.63) is 35.1 Å². The standard InChI is InChI=1S/C11H10F4O/c1-2-3-10(16)7-4-8(11(13,14)15)6-9(12)5-7/h4-6H,2-3H2,1H3. The summed E-state index contributed by atoms with van der Waals surface area (Å²) in [6.45, 7) is 1.72. The third-order valence-corrected chi connectivity index (χ3v) is 2.02. The molecule has 0 aliphatic rings. The molecular formula is C11H10F4O.